The highest BCUT2D eigenvalue weighted by Gasteiger charge is 2.20. The highest BCUT2D eigenvalue weighted by molar-refractivity contribution is 7.18. The van der Waals surface area contributed by atoms with Crippen LogP contribution in [-0.2, 0) is 11.3 Å². The summed E-state index contributed by atoms with van der Waals surface area (Å²) in [6, 6.07) is 17.6. The fourth-order valence-electron chi connectivity index (χ4n) is 3.32. The molecule has 5 nitrogen and oxygen atoms in total. The Bertz CT molecular complexity index is 1020. The molecule has 3 aromatic rings. The van der Waals surface area contributed by atoms with Crippen molar-refractivity contribution in [2.45, 2.75) is 6.54 Å². The van der Waals surface area contributed by atoms with Crippen molar-refractivity contribution in [1.82, 2.24) is 14.8 Å². The zero-order chi connectivity index (χ0) is 19.3. The Kier molecular flexibility index (Phi) is 5.47. The number of thiazole rings is 1. The summed E-state index contributed by atoms with van der Waals surface area (Å²) in [4.78, 5) is 21.4. The van der Waals surface area contributed by atoms with Gasteiger partial charge in [0.05, 0.1) is 28.4 Å². The van der Waals surface area contributed by atoms with Gasteiger partial charge < -0.3 is 4.90 Å². The van der Waals surface area contributed by atoms with E-state index in [1.54, 1.807) is 29.6 Å². The molecule has 1 fully saturated rings. The van der Waals surface area contributed by atoms with Crippen LogP contribution in [0.2, 0.25) is 0 Å². The van der Waals surface area contributed by atoms with Gasteiger partial charge in [0.2, 0.25) is 5.91 Å². The Balaban J connectivity index is 1.32. The average Bonchev–Trinajstić information content (AvgIpc) is 3.15. The van der Waals surface area contributed by atoms with Gasteiger partial charge in [0.15, 0.2) is 0 Å². The van der Waals surface area contributed by atoms with Crippen molar-refractivity contribution in [3.8, 4) is 6.07 Å². The second-order valence-corrected chi connectivity index (χ2v) is 7.82. The molecule has 0 saturated carbocycles. The second-order valence-electron chi connectivity index (χ2n) is 6.71. The lowest BCUT2D eigenvalue weighted by atomic mass is 10.1. The van der Waals surface area contributed by atoms with Gasteiger partial charge in [-0.15, -0.1) is 11.3 Å². The standard InChI is InChI=1S/C22H20N4OS/c23-15-18-6-2-1-5-17(18)9-10-22(27)26-13-11-25(12-14-26)16-21-24-19-7-3-4-8-20(19)28-21/h1-10H,11-14,16H2/b10-9+. The number of aromatic nitrogens is 1. The maximum Gasteiger partial charge on any atom is 0.246 e. The molecule has 1 aliphatic rings. The van der Waals surface area contributed by atoms with Crippen molar-refractivity contribution < 1.29 is 4.79 Å². The van der Waals surface area contributed by atoms with Crippen LogP contribution in [0.15, 0.2) is 54.6 Å². The number of amides is 1. The second kappa shape index (κ2) is 8.34. The van der Waals surface area contributed by atoms with Gasteiger partial charge in [-0.3, -0.25) is 9.69 Å². The van der Waals surface area contributed by atoms with Crippen molar-refractivity contribution in [2.24, 2.45) is 0 Å². The monoisotopic (exact) mass is 388 g/mol. The van der Waals surface area contributed by atoms with Crippen LogP contribution in [0.4, 0.5) is 0 Å². The molecule has 0 N–H and O–H groups in total. The first kappa shape index (κ1) is 18.4. The third-order valence-electron chi connectivity index (χ3n) is 4.87. The number of hydrogen-bond acceptors (Lipinski definition) is 5. The smallest absolute Gasteiger partial charge is 0.246 e. The van der Waals surface area contributed by atoms with Crippen molar-refractivity contribution in [3.05, 3.63) is 70.7 Å². The third-order valence-corrected chi connectivity index (χ3v) is 5.89. The van der Waals surface area contributed by atoms with E-state index in [2.05, 4.69) is 17.0 Å². The summed E-state index contributed by atoms with van der Waals surface area (Å²) in [5, 5.41) is 10.3. The number of rotatable bonds is 4. The Morgan fingerprint density at radius 3 is 2.64 bits per heavy atom. The minimum Gasteiger partial charge on any atom is -0.337 e. The number of piperazine rings is 1. The first-order valence-electron chi connectivity index (χ1n) is 9.26. The zero-order valence-electron chi connectivity index (χ0n) is 15.4. The SMILES string of the molecule is N#Cc1ccccc1/C=C/C(=O)N1CCN(Cc2nc3ccccc3s2)CC1. The fourth-order valence-corrected chi connectivity index (χ4v) is 4.33. The van der Waals surface area contributed by atoms with E-state index in [-0.39, 0.29) is 5.91 Å². The van der Waals surface area contributed by atoms with E-state index in [4.69, 9.17) is 10.2 Å². The summed E-state index contributed by atoms with van der Waals surface area (Å²) >= 11 is 1.74. The van der Waals surface area contributed by atoms with E-state index < -0.39 is 0 Å². The average molecular weight is 388 g/mol. The topological polar surface area (TPSA) is 60.2 Å². The van der Waals surface area contributed by atoms with Crippen LogP contribution < -0.4 is 0 Å². The molecule has 140 valence electrons. The van der Waals surface area contributed by atoms with Gasteiger partial charge in [-0.1, -0.05) is 30.3 Å². The molecule has 1 aliphatic heterocycles. The lowest BCUT2D eigenvalue weighted by Gasteiger charge is -2.33. The minimum absolute atomic E-state index is 0.00706. The van der Waals surface area contributed by atoms with E-state index in [0.717, 1.165) is 35.7 Å². The molecule has 0 bridgehead atoms. The molecule has 0 radical (unpaired) electrons. The van der Waals surface area contributed by atoms with E-state index in [1.807, 2.05) is 41.3 Å². The van der Waals surface area contributed by atoms with Crippen LogP contribution in [0, 0.1) is 11.3 Å². The van der Waals surface area contributed by atoms with Gasteiger partial charge in [-0.25, -0.2) is 4.98 Å². The quantitative estimate of drug-likeness (QED) is 0.642. The predicted octanol–water partition coefficient (Wildman–Crippen LogP) is 3.53. The maximum absolute atomic E-state index is 12.5. The predicted molar refractivity (Wildman–Crippen MR) is 112 cm³/mol. The van der Waals surface area contributed by atoms with Crippen LogP contribution in [-0.4, -0.2) is 46.9 Å². The van der Waals surface area contributed by atoms with Gasteiger partial charge >= 0.3 is 0 Å². The molecule has 0 atom stereocenters. The molecule has 4 rings (SSSR count). The number of carbonyl (C=O) groups excluding carboxylic acids is 1. The Labute approximate surface area is 168 Å². The number of fused-ring (bicyclic) bond motifs is 1. The van der Waals surface area contributed by atoms with E-state index in [9.17, 15) is 4.79 Å². The van der Waals surface area contributed by atoms with Crippen LogP contribution >= 0.6 is 11.3 Å². The largest absolute Gasteiger partial charge is 0.337 e. The Morgan fingerprint density at radius 2 is 1.86 bits per heavy atom. The first-order valence-corrected chi connectivity index (χ1v) is 10.1. The van der Waals surface area contributed by atoms with Gasteiger partial charge in [0.1, 0.15) is 5.01 Å². The van der Waals surface area contributed by atoms with Crippen molar-refractivity contribution >= 4 is 33.5 Å². The van der Waals surface area contributed by atoms with Gasteiger partial charge in [0.25, 0.3) is 0 Å². The molecule has 1 saturated heterocycles. The van der Waals surface area contributed by atoms with Gasteiger partial charge in [0, 0.05) is 32.3 Å². The van der Waals surface area contributed by atoms with Crippen molar-refractivity contribution in [2.75, 3.05) is 26.2 Å². The molecule has 0 unspecified atom stereocenters. The fraction of sp³-hybridized carbons (Fsp3) is 0.227. The van der Waals surface area contributed by atoms with Crippen LogP contribution in [0.3, 0.4) is 0 Å². The molecule has 1 amide bonds. The lowest BCUT2D eigenvalue weighted by Crippen LogP contribution is -2.47. The molecular formula is C22H20N4OS. The highest BCUT2D eigenvalue weighted by atomic mass is 32.1. The molecule has 0 spiro atoms. The number of nitriles is 1. The van der Waals surface area contributed by atoms with Crippen LogP contribution in [0.5, 0.6) is 0 Å². The first-order chi connectivity index (χ1) is 13.7. The van der Waals surface area contributed by atoms with E-state index in [1.165, 1.54) is 4.70 Å². The molecule has 2 aromatic carbocycles. The van der Waals surface area contributed by atoms with Crippen LogP contribution in [0.25, 0.3) is 16.3 Å². The number of para-hydroxylation sites is 1. The Morgan fingerprint density at radius 1 is 1.11 bits per heavy atom. The number of benzene rings is 2. The number of nitrogens with zero attached hydrogens (tertiary/aromatic N) is 4. The summed E-state index contributed by atoms with van der Waals surface area (Å²) in [5.41, 5.74) is 2.40. The Hall–Kier alpha value is -3.01. The van der Waals surface area contributed by atoms with Crippen molar-refractivity contribution in [3.63, 3.8) is 0 Å². The molecule has 0 aliphatic carbocycles. The summed E-state index contributed by atoms with van der Waals surface area (Å²) in [7, 11) is 0. The molecule has 1 aromatic heterocycles. The zero-order valence-corrected chi connectivity index (χ0v) is 16.2. The van der Waals surface area contributed by atoms with Crippen LogP contribution in [0.1, 0.15) is 16.1 Å². The molecule has 2 heterocycles. The third kappa shape index (κ3) is 4.11. The molecule has 28 heavy (non-hydrogen) atoms. The van der Waals surface area contributed by atoms with E-state index >= 15 is 0 Å². The van der Waals surface area contributed by atoms with Crippen molar-refractivity contribution in [1.29, 1.82) is 5.26 Å². The summed E-state index contributed by atoms with van der Waals surface area (Å²) in [5.74, 6) is -0.00706. The van der Waals surface area contributed by atoms with Gasteiger partial charge in [-0.05, 0) is 29.8 Å². The molecule has 6 heteroatoms. The summed E-state index contributed by atoms with van der Waals surface area (Å²) in [6.07, 6.45) is 3.30. The van der Waals surface area contributed by atoms with E-state index in [0.29, 0.717) is 18.7 Å². The highest BCUT2D eigenvalue weighted by Crippen LogP contribution is 2.23. The lowest BCUT2D eigenvalue weighted by molar-refractivity contribution is -0.127. The summed E-state index contributed by atoms with van der Waals surface area (Å²) < 4.78 is 1.22. The summed E-state index contributed by atoms with van der Waals surface area (Å²) in [6.45, 7) is 3.91. The molecular weight excluding hydrogens is 368 g/mol. The number of carbonyl (C=O) groups is 1. The number of hydrogen-bond donors (Lipinski definition) is 0. The minimum atomic E-state index is -0.00706. The van der Waals surface area contributed by atoms with Gasteiger partial charge in [-0.2, -0.15) is 5.26 Å². The maximum atomic E-state index is 12.5. The normalized spacial score (nSPS) is 15.2.